The Bertz CT molecular complexity index is 722. The Labute approximate surface area is 143 Å². The van der Waals surface area contributed by atoms with E-state index in [1.54, 1.807) is 48.5 Å². The summed E-state index contributed by atoms with van der Waals surface area (Å²) in [7, 11) is 0. The zero-order valence-corrected chi connectivity index (χ0v) is 13.8. The van der Waals surface area contributed by atoms with Crippen molar-refractivity contribution in [1.82, 2.24) is 0 Å². The third-order valence-electron chi connectivity index (χ3n) is 3.67. The quantitative estimate of drug-likeness (QED) is 0.698. The first kappa shape index (κ1) is 17.6. The number of Topliss-reactive ketones (excluding diaryl/α,β-unsaturated/α-hetero) is 1. The molecule has 0 aliphatic heterocycles. The van der Waals surface area contributed by atoms with Crippen LogP contribution in [0.5, 0.6) is 0 Å². The first-order valence-corrected chi connectivity index (χ1v) is 8.08. The first-order valence-electron chi connectivity index (χ1n) is 8.08. The van der Waals surface area contributed by atoms with Gasteiger partial charge in [0.2, 0.25) is 0 Å². The summed E-state index contributed by atoms with van der Waals surface area (Å²) in [5, 5.41) is 9.89. The molecule has 3 aromatic carbocycles. The Hall–Kier alpha value is -2.71. The van der Waals surface area contributed by atoms with Crippen LogP contribution in [0.15, 0.2) is 91.0 Å². The van der Waals surface area contributed by atoms with Gasteiger partial charge in [-0.05, 0) is 17.5 Å². The van der Waals surface area contributed by atoms with Crippen LogP contribution in [0, 0.1) is 0 Å². The van der Waals surface area contributed by atoms with Crippen LogP contribution < -0.4 is 0 Å². The molecule has 0 aliphatic carbocycles. The number of aliphatic hydroxyl groups is 1. The first-order chi connectivity index (χ1) is 11.7. The standard InChI is InChI=1S/C14H12O2.C8H10/c15-13(11-7-3-1-4-8-11)14(16)12-9-5-2-6-10-12;1-2-8-6-4-3-5-7-8/h1-10,13,15H;3-7H,2H2,1H3. The second kappa shape index (κ2) is 9.43. The zero-order chi connectivity index (χ0) is 17.2. The van der Waals surface area contributed by atoms with Gasteiger partial charge in [-0.1, -0.05) is 97.9 Å². The number of aryl methyl sites for hydroxylation is 1. The molecule has 122 valence electrons. The van der Waals surface area contributed by atoms with Crippen LogP contribution in [0.3, 0.4) is 0 Å². The van der Waals surface area contributed by atoms with E-state index in [1.807, 2.05) is 18.2 Å². The van der Waals surface area contributed by atoms with Crippen molar-refractivity contribution in [3.63, 3.8) is 0 Å². The van der Waals surface area contributed by atoms with Crippen LogP contribution in [-0.4, -0.2) is 10.9 Å². The van der Waals surface area contributed by atoms with Crippen LogP contribution in [0.25, 0.3) is 0 Å². The lowest BCUT2D eigenvalue weighted by Crippen LogP contribution is -2.11. The highest BCUT2D eigenvalue weighted by Crippen LogP contribution is 2.17. The van der Waals surface area contributed by atoms with Crippen LogP contribution >= 0.6 is 0 Å². The third-order valence-corrected chi connectivity index (χ3v) is 3.67. The van der Waals surface area contributed by atoms with Crippen molar-refractivity contribution in [1.29, 1.82) is 0 Å². The number of rotatable bonds is 4. The second-order valence-corrected chi connectivity index (χ2v) is 5.38. The van der Waals surface area contributed by atoms with Gasteiger partial charge in [0.1, 0.15) is 6.10 Å². The predicted octanol–water partition coefficient (Wildman–Crippen LogP) is 4.85. The number of ketones is 1. The van der Waals surface area contributed by atoms with E-state index in [2.05, 4.69) is 31.2 Å². The van der Waals surface area contributed by atoms with E-state index in [1.165, 1.54) is 5.56 Å². The summed E-state index contributed by atoms with van der Waals surface area (Å²) in [5.41, 5.74) is 2.56. The number of hydrogen-bond donors (Lipinski definition) is 1. The molecule has 0 aliphatic rings. The van der Waals surface area contributed by atoms with E-state index in [4.69, 9.17) is 0 Å². The van der Waals surface area contributed by atoms with E-state index in [0.29, 0.717) is 11.1 Å². The largest absolute Gasteiger partial charge is 0.380 e. The van der Waals surface area contributed by atoms with Crippen LogP contribution in [0.2, 0.25) is 0 Å². The molecule has 0 spiro atoms. The summed E-state index contributed by atoms with van der Waals surface area (Å²) in [6.45, 7) is 2.16. The molecule has 1 atom stereocenters. The zero-order valence-electron chi connectivity index (χ0n) is 13.8. The van der Waals surface area contributed by atoms with Gasteiger partial charge in [-0.25, -0.2) is 0 Å². The Kier molecular flexibility index (Phi) is 6.93. The summed E-state index contributed by atoms with van der Waals surface area (Å²) in [5.74, 6) is -0.271. The topological polar surface area (TPSA) is 37.3 Å². The molecular weight excluding hydrogens is 296 g/mol. The minimum absolute atomic E-state index is 0.271. The van der Waals surface area contributed by atoms with Gasteiger partial charge in [0.25, 0.3) is 0 Å². The normalized spacial score (nSPS) is 11.1. The van der Waals surface area contributed by atoms with Crippen molar-refractivity contribution < 1.29 is 9.90 Å². The SMILES string of the molecule is CCc1ccccc1.O=C(c1ccccc1)C(O)c1ccccc1. The molecule has 24 heavy (non-hydrogen) atoms. The highest BCUT2D eigenvalue weighted by Gasteiger charge is 2.18. The Morgan fingerprint density at radius 3 is 1.71 bits per heavy atom. The molecule has 0 amide bonds. The van der Waals surface area contributed by atoms with Crippen molar-refractivity contribution in [2.45, 2.75) is 19.4 Å². The van der Waals surface area contributed by atoms with Crippen LogP contribution in [-0.2, 0) is 6.42 Å². The molecule has 0 saturated heterocycles. The summed E-state index contributed by atoms with van der Waals surface area (Å²) >= 11 is 0. The van der Waals surface area contributed by atoms with Crippen LogP contribution in [0.4, 0.5) is 0 Å². The summed E-state index contributed by atoms with van der Waals surface area (Å²) in [6, 6.07) is 28.2. The van der Waals surface area contributed by atoms with Crippen molar-refractivity contribution in [2.75, 3.05) is 0 Å². The lowest BCUT2D eigenvalue weighted by Gasteiger charge is -2.09. The molecule has 1 N–H and O–H groups in total. The number of hydrogen-bond acceptors (Lipinski definition) is 2. The minimum atomic E-state index is -1.08. The Morgan fingerprint density at radius 1 is 0.792 bits per heavy atom. The molecule has 2 nitrogen and oxygen atoms in total. The van der Waals surface area contributed by atoms with Crippen molar-refractivity contribution in [3.8, 4) is 0 Å². The molecule has 0 heterocycles. The monoisotopic (exact) mass is 318 g/mol. The van der Waals surface area contributed by atoms with Gasteiger partial charge < -0.3 is 5.11 Å². The number of carbonyl (C=O) groups is 1. The van der Waals surface area contributed by atoms with Gasteiger partial charge in [-0.15, -0.1) is 0 Å². The smallest absolute Gasteiger partial charge is 0.195 e. The number of benzene rings is 3. The van der Waals surface area contributed by atoms with Gasteiger partial charge in [0.15, 0.2) is 5.78 Å². The average molecular weight is 318 g/mol. The predicted molar refractivity (Wildman–Crippen MR) is 98.0 cm³/mol. The second-order valence-electron chi connectivity index (χ2n) is 5.38. The van der Waals surface area contributed by atoms with E-state index in [-0.39, 0.29) is 5.78 Å². The maximum absolute atomic E-state index is 11.9. The lowest BCUT2D eigenvalue weighted by molar-refractivity contribution is 0.0747. The molecule has 0 saturated carbocycles. The maximum Gasteiger partial charge on any atom is 0.195 e. The summed E-state index contributed by atoms with van der Waals surface area (Å²) in [4.78, 5) is 11.9. The summed E-state index contributed by atoms with van der Waals surface area (Å²) in [6.07, 6.45) is 0.0597. The van der Waals surface area contributed by atoms with Crippen molar-refractivity contribution >= 4 is 5.78 Å². The minimum Gasteiger partial charge on any atom is -0.380 e. The molecule has 1 unspecified atom stereocenters. The van der Waals surface area contributed by atoms with E-state index >= 15 is 0 Å². The van der Waals surface area contributed by atoms with E-state index < -0.39 is 6.10 Å². The lowest BCUT2D eigenvalue weighted by atomic mass is 10.0. The Balaban J connectivity index is 0.000000219. The molecule has 3 rings (SSSR count). The van der Waals surface area contributed by atoms with Gasteiger partial charge in [0, 0.05) is 5.56 Å². The number of aliphatic hydroxyl groups excluding tert-OH is 1. The van der Waals surface area contributed by atoms with Crippen molar-refractivity contribution in [3.05, 3.63) is 108 Å². The molecule has 2 heteroatoms. The number of carbonyl (C=O) groups excluding carboxylic acids is 1. The molecule has 0 radical (unpaired) electrons. The van der Waals surface area contributed by atoms with Gasteiger partial charge in [0.05, 0.1) is 0 Å². The molecule has 0 fully saturated rings. The van der Waals surface area contributed by atoms with Gasteiger partial charge >= 0.3 is 0 Å². The summed E-state index contributed by atoms with van der Waals surface area (Å²) < 4.78 is 0. The van der Waals surface area contributed by atoms with E-state index in [9.17, 15) is 9.90 Å². The molecule has 0 bridgehead atoms. The average Bonchev–Trinajstić information content (AvgIpc) is 2.69. The van der Waals surface area contributed by atoms with Gasteiger partial charge in [-0.3, -0.25) is 4.79 Å². The molecule has 0 aromatic heterocycles. The fourth-order valence-electron chi connectivity index (χ4n) is 2.26. The molecule has 3 aromatic rings. The fraction of sp³-hybridized carbons (Fsp3) is 0.136. The highest BCUT2D eigenvalue weighted by molar-refractivity contribution is 5.99. The van der Waals surface area contributed by atoms with Crippen LogP contribution in [0.1, 0.15) is 34.5 Å². The highest BCUT2D eigenvalue weighted by atomic mass is 16.3. The third kappa shape index (κ3) is 5.18. The molecular formula is C22H22O2. The maximum atomic E-state index is 11.9. The van der Waals surface area contributed by atoms with Gasteiger partial charge in [-0.2, -0.15) is 0 Å². The van der Waals surface area contributed by atoms with Crippen molar-refractivity contribution in [2.24, 2.45) is 0 Å². The van der Waals surface area contributed by atoms with E-state index in [0.717, 1.165) is 6.42 Å². The fourth-order valence-corrected chi connectivity index (χ4v) is 2.26. The Morgan fingerprint density at radius 2 is 1.25 bits per heavy atom.